The van der Waals surface area contributed by atoms with Crippen LogP contribution in [0.15, 0.2) is 30.3 Å². The minimum absolute atomic E-state index is 0.625. The molecule has 0 aliphatic heterocycles. The van der Waals surface area contributed by atoms with Crippen molar-refractivity contribution >= 4 is 12.0 Å². The number of carbonyl (C=O) groups excluding carboxylic acids is 1. The van der Waals surface area contributed by atoms with Crippen molar-refractivity contribution in [2.75, 3.05) is 6.61 Å². The van der Waals surface area contributed by atoms with Gasteiger partial charge in [0.05, 0.1) is 12.6 Å². The van der Waals surface area contributed by atoms with Gasteiger partial charge in [-0.2, -0.15) is 0 Å². The van der Waals surface area contributed by atoms with Crippen molar-refractivity contribution in [1.82, 2.24) is 0 Å². The molecule has 0 N–H and O–H groups in total. The van der Waals surface area contributed by atoms with Gasteiger partial charge in [-0.05, 0) is 36.1 Å². The van der Waals surface area contributed by atoms with Crippen LogP contribution in [0.3, 0.4) is 0 Å². The number of carboxylic acid groups (broad SMARTS) is 1. The molecule has 3 heteroatoms. The van der Waals surface area contributed by atoms with Crippen molar-refractivity contribution in [2.45, 2.75) is 20.3 Å². The van der Waals surface area contributed by atoms with Crippen LogP contribution in [0.1, 0.15) is 25.8 Å². The lowest BCUT2D eigenvalue weighted by molar-refractivity contribution is -0.297. The summed E-state index contributed by atoms with van der Waals surface area (Å²) < 4.78 is 5.54. The van der Waals surface area contributed by atoms with Crippen LogP contribution in [0.2, 0.25) is 0 Å². The molecule has 0 saturated carbocycles. The molecule has 0 fully saturated rings. The summed E-state index contributed by atoms with van der Waals surface area (Å²) in [6.07, 6.45) is 3.52. The first-order valence-electron chi connectivity index (χ1n) is 5.70. The maximum atomic E-state index is 10.2. The molecule has 0 bridgehead atoms. The monoisotopic (exact) mass is 233 g/mol. The summed E-state index contributed by atoms with van der Waals surface area (Å²) in [4.78, 5) is 10.2. The van der Waals surface area contributed by atoms with E-state index in [1.807, 2.05) is 24.3 Å². The van der Waals surface area contributed by atoms with E-state index in [1.54, 1.807) is 0 Å². The number of aliphatic carboxylic acids is 1. The summed E-state index contributed by atoms with van der Waals surface area (Å²) in [5, 5.41) is 10.2. The zero-order valence-electron chi connectivity index (χ0n) is 10.2. The number of hydrogen-bond donors (Lipinski definition) is 0. The van der Waals surface area contributed by atoms with E-state index in [-0.39, 0.29) is 0 Å². The van der Waals surface area contributed by atoms with E-state index >= 15 is 0 Å². The summed E-state index contributed by atoms with van der Waals surface area (Å²) >= 11 is 0. The van der Waals surface area contributed by atoms with Gasteiger partial charge in [0.25, 0.3) is 0 Å². The molecule has 0 amide bonds. The molecule has 1 aromatic carbocycles. The first-order valence-corrected chi connectivity index (χ1v) is 5.70. The van der Waals surface area contributed by atoms with Gasteiger partial charge in [-0.15, -0.1) is 0 Å². The summed E-state index contributed by atoms with van der Waals surface area (Å²) in [5.41, 5.74) is 0.811. The fourth-order valence-corrected chi connectivity index (χ4v) is 1.25. The Bertz CT molecular complexity index is 377. The fraction of sp³-hybridized carbons (Fsp3) is 0.357. The van der Waals surface area contributed by atoms with Crippen LogP contribution < -0.4 is 9.84 Å². The Balaban J connectivity index is 2.47. The predicted octanol–water partition coefficient (Wildman–Crippen LogP) is 1.87. The van der Waals surface area contributed by atoms with Gasteiger partial charge in [0.2, 0.25) is 0 Å². The maximum absolute atomic E-state index is 10.2. The van der Waals surface area contributed by atoms with Crippen LogP contribution in [0, 0.1) is 5.92 Å². The Labute approximate surface area is 102 Å². The molecule has 0 unspecified atom stereocenters. The van der Waals surface area contributed by atoms with Gasteiger partial charge in [-0.25, -0.2) is 0 Å². The highest BCUT2D eigenvalue weighted by Crippen LogP contribution is 2.14. The van der Waals surface area contributed by atoms with Crippen LogP contribution in [-0.2, 0) is 4.79 Å². The van der Waals surface area contributed by atoms with Crippen molar-refractivity contribution < 1.29 is 14.6 Å². The lowest BCUT2D eigenvalue weighted by Crippen LogP contribution is -2.18. The standard InChI is InChI=1S/C14H18O3/c1-11(2)9-10-17-13-6-3-12(4-7-13)5-8-14(15)16/h3-8,11H,9-10H2,1-2H3,(H,15,16)/p-1/b8-5+. The van der Waals surface area contributed by atoms with E-state index in [0.717, 1.165) is 23.8 Å². The van der Waals surface area contributed by atoms with E-state index in [2.05, 4.69) is 13.8 Å². The average Bonchev–Trinajstić information content (AvgIpc) is 2.27. The molecular formula is C14H17O3-. The Morgan fingerprint density at radius 2 is 2.00 bits per heavy atom. The number of carboxylic acids is 1. The van der Waals surface area contributed by atoms with Crippen LogP contribution >= 0.6 is 0 Å². The van der Waals surface area contributed by atoms with Gasteiger partial charge in [0.15, 0.2) is 0 Å². The van der Waals surface area contributed by atoms with Gasteiger partial charge in [-0.1, -0.05) is 32.1 Å². The Morgan fingerprint density at radius 3 is 2.53 bits per heavy atom. The van der Waals surface area contributed by atoms with Gasteiger partial charge in [0.1, 0.15) is 5.75 Å². The Hall–Kier alpha value is -1.77. The van der Waals surface area contributed by atoms with Crippen LogP contribution in [0.4, 0.5) is 0 Å². The molecule has 17 heavy (non-hydrogen) atoms. The smallest absolute Gasteiger partial charge is 0.119 e. The zero-order chi connectivity index (χ0) is 12.7. The second-order valence-corrected chi connectivity index (χ2v) is 4.25. The minimum atomic E-state index is -1.19. The molecule has 0 aliphatic carbocycles. The SMILES string of the molecule is CC(C)CCOc1ccc(/C=C/C(=O)[O-])cc1. The predicted molar refractivity (Wildman–Crippen MR) is 65.4 cm³/mol. The highest BCUT2D eigenvalue weighted by molar-refractivity contribution is 5.83. The fourth-order valence-electron chi connectivity index (χ4n) is 1.25. The molecule has 0 aromatic heterocycles. The Kier molecular flexibility index (Phi) is 5.27. The number of ether oxygens (including phenoxy) is 1. The summed E-state index contributed by atoms with van der Waals surface area (Å²) in [7, 11) is 0. The third kappa shape index (κ3) is 5.76. The van der Waals surface area contributed by atoms with Gasteiger partial charge in [0, 0.05) is 0 Å². The molecule has 3 nitrogen and oxygen atoms in total. The maximum Gasteiger partial charge on any atom is 0.119 e. The number of benzene rings is 1. The van der Waals surface area contributed by atoms with Crippen molar-refractivity contribution in [3.63, 3.8) is 0 Å². The quantitative estimate of drug-likeness (QED) is 0.705. The van der Waals surface area contributed by atoms with Crippen molar-refractivity contribution in [1.29, 1.82) is 0 Å². The topological polar surface area (TPSA) is 49.4 Å². The molecule has 0 aliphatic rings. The van der Waals surface area contributed by atoms with E-state index in [0.29, 0.717) is 12.5 Å². The highest BCUT2D eigenvalue weighted by Gasteiger charge is 1.96. The molecule has 0 atom stereocenters. The van der Waals surface area contributed by atoms with Crippen LogP contribution in [0.5, 0.6) is 5.75 Å². The molecule has 92 valence electrons. The molecule has 0 radical (unpaired) electrons. The summed E-state index contributed by atoms with van der Waals surface area (Å²) in [6, 6.07) is 7.28. The highest BCUT2D eigenvalue weighted by atomic mass is 16.5. The summed E-state index contributed by atoms with van der Waals surface area (Å²) in [6.45, 7) is 5.00. The third-order valence-electron chi connectivity index (χ3n) is 2.26. The van der Waals surface area contributed by atoms with Gasteiger partial charge < -0.3 is 14.6 Å². The molecule has 0 spiro atoms. The van der Waals surface area contributed by atoms with Crippen molar-refractivity contribution in [3.8, 4) is 5.75 Å². The molecule has 1 aromatic rings. The molecule has 1 rings (SSSR count). The van der Waals surface area contributed by atoms with E-state index < -0.39 is 5.97 Å². The van der Waals surface area contributed by atoms with E-state index in [9.17, 15) is 9.90 Å². The van der Waals surface area contributed by atoms with Gasteiger partial charge in [-0.3, -0.25) is 0 Å². The zero-order valence-corrected chi connectivity index (χ0v) is 10.2. The lowest BCUT2D eigenvalue weighted by atomic mass is 10.1. The number of hydrogen-bond acceptors (Lipinski definition) is 3. The first-order chi connectivity index (χ1) is 8.08. The second kappa shape index (κ2) is 6.74. The molecular weight excluding hydrogens is 216 g/mol. The Morgan fingerprint density at radius 1 is 1.35 bits per heavy atom. The van der Waals surface area contributed by atoms with Crippen molar-refractivity contribution in [3.05, 3.63) is 35.9 Å². The molecule has 0 heterocycles. The van der Waals surface area contributed by atoms with E-state index in [1.165, 1.54) is 6.08 Å². The number of carbonyl (C=O) groups is 1. The average molecular weight is 233 g/mol. The normalized spacial score (nSPS) is 11.0. The molecule has 0 saturated heterocycles. The summed E-state index contributed by atoms with van der Waals surface area (Å²) in [5.74, 6) is 0.235. The third-order valence-corrected chi connectivity index (χ3v) is 2.26. The largest absolute Gasteiger partial charge is 0.545 e. The number of rotatable bonds is 6. The second-order valence-electron chi connectivity index (χ2n) is 4.25. The van der Waals surface area contributed by atoms with Crippen LogP contribution in [-0.4, -0.2) is 12.6 Å². The first kappa shape index (κ1) is 13.3. The van der Waals surface area contributed by atoms with Crippen LogP contribution in [0.25, 0.3) is 6.08 Å². The minimum Gasteiger partial charge on any atom is -0.545 e. The van der Waals surface area contributed by atoms with E-state index in [4.69, 9.17) is 4.74 Å². The van der Waals surface area contributed by atoms with Crippen molar-refractivity contribution in [2.24, 2.45) is 5.92 Å². The van der Waals surface area contributed by atoms with Gasteiger partial charge >= 0.3 is 0 Å². The lowest BCUT2D eigenvalue weighted by Gasteiger charge is -2.08.